The highest BCUT2D eigenvalue weighted by Crippen LogP contribution is 2.30. The number of anilines is 1. The number of hydrogen-bond acceptors (Lipinski definition) is 3. The lowest BCUT2D eigenvalue weighted by Crippen LogP contribution is -2.64. The zero-order valence-electron chi connectivity index (χ0n) is 12.5. The molecule has 1 N–H and O–H groups in total. The van der Waals surface area contributed by atoms with Crippen LogP contribution in [0, 0.1) is 5.92 Å². The van der Waals surface area contributed by atoms with E-state index in [1.165, 1.54) is 4.90 Å². The number of rotatable bonds is 3. The number of benzene rings is 1. The maximum absolute atomic E-state index is 12.7. The minimum atomic E-state index is -0.550. The molecule has 0 bridgehead atoms. The third-order valence-electron chi connectivity index (χ3n) is 3.60. The third kappa shape index (κ3) is 3.05. The van der Waals surface area contributed by atoms with Gasteiger partial charge in [-0.2, -0.15) is 0 Å². The number of nitrogens with zero attached hydrogens (tertiary/aromatic N) is 1. The maximum Gasteiger partial charge on any atom is 0.250 e. The van der Waals surface area contributed by atoms with Gasteiger partial charge in [-0.15, -0.1) is 0 Å². The van der Waals surface area contributed by atoms with Gasteiger partial charge in [-0.25, -0.2) is 0 Å². The smallest absolute Gasteiger partial charge is 0.250 e. The molecule has 114 valence electrons. The summed E-state index contributed by atoms with van der Waals surface area (Å²) in [5.41, 5.74) is 0.652. The summed E-state index contributed by atoms with van der Waals surface area (Å²) in [6.45, 7) is 5.55. The molecule has 5 nitrogen and oxygen atoms in total. The van der Waals surface area contributed by atoms with E-state index in [1.54, 1.807) is 20.1 Å². The quantitative estimate of drug-likeness (QED) is 0.906. The highest BCUT2D eigenvalue weighted by molar-refractivity contribution is 9.10. The van der Waals surface area contributed by atoms with Crippen molar-refractivity contribution in [1.82, 2.24) is 5.32 Å². The van der Waals surface area contributed by atoms with Gasteiger partial charge in [0.25, 0.3) is 5.91 Å². The molecule has 2 rings (SSSR count). The molecule has 1 saturated heterocycles. The molecule has 0 aromatic heterocycles. The van der Waals surface area contributed by atoms with Gasteiger partial charge < -0.3 is 10.1 Å². The lowest BCUT2D eigenvalue weighted by Gasteiger charge is -2.38. The van der Waals surface area contributed by atoms with Crippen LogP contribution in [0.15, 0.2) is 22.7 Å². The van der Waals surface area contributed by atoms with Crippen molar-refractivity contribution < 1.29 is 14.3 Å². The molecular formula is C15H19BrN2O3. The Morgan fingerprint density at radius 3 is 2.52 bits per heavy atom. The number of piperazine rings is 1. The molecule has 1 fully saturated rings. The maximum atomic E-state index is 12.7. The van der Waals surface area contributed by atoms with Crippen LogP contribution in [0.3, 0.4) is 0 Å². The van der Waals surface area contributed by atoms with Crippen LogP contribution in [-0.2, 0) is 9.59 Å². The molecular weight excluding hydrogens is 336 g/mol. The van der Waals surface area contributed by atoms with Gasteiger partial charge in [0.1, 0.15) is 17.8 Å². The summed E-state index contributed by atoms with van der Waals surface area (Å²) in [7, 11) is 1.57. The van der Waals surface area contributed by atoms with Gasteiger partial charge >= 0.3 is 0 Å². The van der Waals surface area contributed by atoms with Crippen molar-refractivity contribution in [2.24, 2.45) is 5.92 Å². The van der Waals surface area contributed by atoms with Crippen molar-refractivity contribution in [2.45, 2.75) is 32.9 Å². The molecule has 1 aliphatic heterocycles. The van der Waals surface area contributed by atoms with E-state index < -0.39 is 12.1 Å². The Hall–Kier alpha value is -1.56. The summed E-state index contributed by atoms with van der Waals surface area (Å²) in [6, 6.07) is 4.33. The lowest BCUT2D eigenvalue weighted by molar-refractivity contribution is -0.134. The number of carbonyl (C=O) groups excluding carboxylic acids is 2. The molecule has 0 saturated carbocycles. The van der Waals surface area contributed by atoms with E-state index in [-0.39, 0.29) is 17.7 Å². The first-order valence-electron chi connectivity index (χ1n) is 6.83. The number of ether oxygens (including phenoxy) is 1. The fraction of sp³-hybridized carbons (Fsp3) is 0.467. The second-order valence-electron chi connectivity index (χ2n) is 5.46. The standard InChI is InChI=1S/C15H19BrN2O3/c1-8(2)13-15(20)18(9(3)14(19)17-13)11-5-10(16)6-12(7-11)21-4/h5-9,13H,1-4H3,(H,17,19). The number of methoxy groups -OCH3 is 1. The van der Waals surface area contributed by atoms with E-state index in [0.29, 0.717) is 11.4 Å². The van der Waals surface area contributed by atoms with Crippen molar-refractivity contribution in [3.8, 4) is 5.75 Å². The Morgan fingerprint density at radius 1 is 1.29 bits per heavy atom. The molecule has 6 heteroatoms. The fourth-order valence-corrected chi connectivity index (χ4v) is 2.86. The summed E-state index contributed by atoms with van der Waals surface area (Å²) < 4.78 is 6.02. The average Bonchev–Trinajstić information content (AvgIpc) is 2.42. The minimum Gasteiger partial charge on any atom is -0.497 e. The van der Waals surface area contributed by atoms with Crippen molar-refractivity contribution in [3.05, 3.63) is 22.7 Å². The Morgan fingerprint density at radius 2 is 1.95 bits per heavy atom. The zero-order valence-corrected chi connectivity index (χ0v) is 14.1. The van der Waals surface area contributed by atoms with Gasteiger partial charge in [0, 0.05) is 16.2 Å². The summed E-state index contributed by atoms with van der Waals surface area (Å²) in [4.78, 5) is 26.4. The normalized spacial score (nSPS) is 22.5. The van der Waals surface area contributed by atoms with Crippen molar-refractivity contribution in [1.29, 1.82) is 0 Å². The van der Waals surface area contributed by atoms with E-state index in [9.17, 15) is 9.59 Å². The molecule has 2 amide bonds. The van der Waals surface area contributed by atoms with E-state index in [2.05, 4.69) is 21.2 Å². The minimum absolute atomic E-state index is 0.0329. The Labute approximate surface area is 132 Å². The zero-order chi connectivity index (χ0) is 15.7. The van der Waals surface area contributed by atoms with Gasteiger partial charge in [0.2, 0.25) is 5.91 Å². The van der Waals surface area contributed by atoms with Crippen molar-refractivity contribution in [2.75, 3.05) is 12.0 Å². The van der Waals surface area contributed by atoms with Crippen LogP contribution in [0.25, 0.3) is 0 Å². The van der Waals surface area contributed by atoms with Gasteiger partial charge in [-0.05, 0) is 25.0 Å². The number of halogens is 1. The first kappa shape index (κ1) is 15.8. The van der Waals surface area contributed by atoms with E-state index >= 15 is 0 Å². The highest BCUT2D eigenvalue weighted by atomic mass is 79.9. The van der Waals surface area contributed by atoms with Crippen LogP contribution in [0.5, 0.6) is 5.75 Å². The number of hydrogen-bond donors (Lipinski definition) is 1. The van der Waals surface area contributed by atoms with Gasteiger partial charge in [-0.3, -0.25) is 14.5 Å². The summed E-state index contributed by atoms with van der Waals surface area (Å²) in [5.74, 6) is 0.418. The molecule has 0 aliphatic carbocycles. The molecule has 21 heavy (non-hydrogen) atoms. The van der Waals surface area contributed by atoms with Gasteiger partial charge in [0.05, 0.1) is 7.11 Å². The van der Waals surface area contributed by atoms with E-state index in [1.807, 2.05) is 26.0 Å². The van der Waals surface area contributed by atoms with Gasteiger partial charge in [0.15, 0.2) is 0 Å². The molecule has 2 atom stereocenters. The molecule has 0 spiro atoms. The molecule has 1 aromatic carbocycles. The molecule has 1 aliphatic rings. The Bertz CT molecular complexity index is 574. The second kappa shape index (κ2) is 6.05. The van der Waals surface area contributed by atoms with Crippen LogP contribution >= 0.6 is 15.9 Å². The first-order valence-corrected chi connectivity index (χ1v) is 7.62. The third-order valence-corrected chi connectivity index (χ3v) is 4.06. The predicted molar refractivity (Wildman–Crippen MR) is 84.4 cm³/mol. The summed E-state index contributed by atoms with van der Waals surface area (Å²) in [5, 5.41) is 2.79. The first-order chi connectivity index (χ1) is 9.85. The molecule has 1 aromatic rings. The summed E-state index contributed by atoms with van der Waals surface area (Å²) in [6.07, 6.45) is 0. The van der Waals surface area contributed by atoms with Gasteiger partial charge in [-0.1, -0.05) is 29.8 Å². The molecule has 2 unspecified atom stereocenters. The Balaban J connectivity index is 2.46. The topological polar surface area (TPSA) is 58.6 Å². The van der Waals surface area contributed by atoms with Crippen molar-refractivity contribution in [3.63, 3.8) is 0 Å². The van der Waals surface area contributed by atoms with E-state index in [0.717, 1.165) is 4.47 Å². The highest BCUT2D eigenvalue weighted by Gasteiger charge is 2.40. The largest absolute Gasteiger partial charge is 0.497 e. The lowest BCUT2D eigenvalue weighted by atomic mass is 9.98. The Kier molecular flexibility index (Phi) is 4.56. The van der Waals surface area contributed by atoms with Crippen LogP contribution in [0.1, 0.15) is 20.8 Å². The molecule has 1 heterocycles. The van der Waals surface area contributed by atoms with Crippen molar-refractivity contribution >= 4 is 33.4 Å². The van der Waals surface area contributed by atoms with Crippen LogP contribution < -0.4 is 15.0 Å². The number of carbonyl (C=O) groups is 2. The number of nitrogens with one attached hydrogen (secondary N) is 1. The second-order valence-corrected chi connectivity index (χ2v) is 6.38. The monoisotopic (exact) mass is 354 g/mol. The number of amides is 2. The van der Waals surface area contributed by atoms with Crippen LogP contribution in [-0.4, -0.2) is 31.0 Å². The fourth-order valence-electron chi connectivity index (χ4n) is 2.40. The predicted octanol–water partition coefficient (Wildman–Crippen LogP) is 2.33. The molecule has 0 radical (unpaired) electrons. The summed E-state index contributed by atoms with van der Waals surface area (Å²) >= 11 is 3.40. The average molecular weight is 355 g/mol. The van der Waals surface area contributed by atoms with Crippen LogP contribution in [0.2, 0.25) is 0 Å². The van der Waals surface area contributed by atoms with E-state index in [4.69, 9.17) is 4.74 Å². The SMILES string of the molecule is COc1cc(Br)cc(N2C(=O)C(C(C)C)NC(=O)C2C)c1. The van der Waals surface area contributed by atoms with Crippen LogP contribution in [0.4, 0.5) is 5.69 Å².